The molecule has 5 rings (SSSR count). The summed E-state index contributed by atoms with van der Waals surface area (Å²) in [7, 11) is 0. The quantitative estimate of drug-likeness (QED) is 0.240. The predicted molar refractivity (Wildman–Crippen MR) is 157 cm³/mol. The van der Waals surface area contributed by atoms with Crippen LogP contribution in [-0.4, -0.2) is 19.9 Å². The van der Waals surface area contributed by atoms with Crippen LogP contribution in [0.2, 0.25) is 0 Å². The van der Waals surface area contributed by atoms with E-state index in [-0.39, 0.29) is 16.6 Å². The molecule has 196 valence electrons. The molecule has 2 aromatic heterocycles. The molecule has 0 bridgehead atoms. The number of nitrogens with zero attached hydrogens (tertiary/aromatic N) is 4. The predicted octanol–water partition coefficient (Wildman–Crippen LogP) is 8.67. The van der Waals surface area contributed by atoms with Crippen LogP contribution < -0.4 is 0 Å². The van der Waals surface area contributed by atoms with Gasteiger partial charge in [-0.3, -0.25) is 4.98 Å². The summed E-state index contributed by atoms with van der Waals surface area (Å²) >= 11 is 0. The molecule has 0 amide bonds. The molecule has 0 saturated carbocycles. The Bertz CT molecular complexity index is 1500. The molecule has 0 radical (unpaired) electrons. The molecule has 0 unspecified atom stereocenters. The summed E-state index contributed by atoms with van der Waals surface area (Å²) in [6.07, 6.45) is 1.76. The lowest BCUT2D eigenvalue weighted by atomic mass is 9.86. The number of aromatic nitrogens is 4. The summed E-state index contributed by atoms with van der Waals surface area (Å²) in [6.45, 7) is 13.2. The second kappa shape index (κ2) is 10.1. The van der Waals surface area contributed by atoms with Crippen LogP contribution in [0.1, 0.15) is 52.7 Å². The third-order valence-electron chi connectivity index (χ3n) is 6.82. The molecule has 0 spiro atoms. The van der Waals surface area contributed by atoms with E-state index >= 15 is 0 Å². The second-order valence-corrected chi connectivity index (χ2v) is 11.9. The van der Waals surface area contributed by atoms with Gasteiger partial charge in [0.2, 0.25) is 0 Å². The Morgan fingerprint density at radius 3 is 1.23 bits per heavy atom. The Balaban J connectivity index is 1.58. The van der Waals surface area contributed by atoms with Crippen molar-refractivity contribution in [1.82, 2.24) is 19.9 Å². The van der Waals surface area contributed by atoms with Crippen molar-refractivity contribution in [1.29, 1.82) is 0 Å². The van der Waals surface area contributed by atoms with Crippen molar-refractivity contribution in [3.63, 3.8) is 0 Å². The molecular formula is C34H33FN4. The lowest BCUT2D eigenvalue weighted by molar-refractivity contribution is 0.590. The van der Waals surface area contributed by atoms with Crippen LogP contribution in [0, 0.1) is 5.82 Å². The number of benzene rings is 3. The van der Waals surface area contributed by atoms with Crippen molar-refractivity contribution >= 4 is 0 Å². The van der Waals surface area contributed by atoms with Gasteiger partial charge in [-0.05, 0) is 58.4 Å². The van der Waals surface area contributed by atoms with Gasteiger partial charge in [0.25, 0.3) is 0 Å². The number of hydrogen-bond donors (Lipinski definition) is 0. The van der Waals surface area contributed by atoms with E-state index in [9.17, 15) is 4.39 Å². The zero-order chi connectivity index (χ0) is 27.8. The third-order valence-corrected chi connectivity index (χ3v) is 6.82. The first kappa shape index (κ1) is 26.4. The molecule has 0 atom stereocenters. The summed E-state index contributed by atoms with van der Waals surface area (Å²) in [5.74, 6) is 1.50. The molecule has 4 nitrogen and oxygen atoms in total. The van der Waals surface area contributed by atoms with Crippen LogP contribution >= 0.6 is 0 Å². The molecule has 39 heavy (non-hydrogen) atoms. The van der Waals surface area contributed by atoms with Crippen LogP contribution in [0.15, 0.2) is 91.1 Å². The zero-order valence-corrected chi connectivity index (χ0v) is 23.3. The van der Waals surface area contributed by atoms with Crippen LogP contribution in [0.25, 0.3) is 45.4 Å². The lowest BCUT2D eigenvalue weighted by Crippen LogP contribution is -2.10. The van der Waals surface area contributed by atoms with E-state index < -0.39 is 0 Å². The standard InChI is InChI=1S/C34H33FN4/c1-33(2,3)26-14-7-23(8-15-26)30-37-31(24-9-16-27(17-10-24)34(4,5)6)39-32(38-30)25-13-20-29(36-21-25)22-11-18-28(35)19-12-22/h7-21H,1-6H3. The summed E-state index contributed by atoms with van der Waals surface area (Å²) < 4.78 is 13.4. The van der Waals surface area contributed by atoms with Gasteiger partial charge in [0, 0.05) is 28.5 Å². The Morgan fingerprint density at radius 1 is 0.462 bits per heavy atom. The first-order valence-corrected chi connectivity index (χ1v) is 13.2. The molecule has 0 N–H and O–H groups in total. The van der Waals surface area contributed by atoms with Gasteiger partial charge in [0.05, 0.1) is 5.69 Å². The highest BCUT2D eigenvalue weighted by molar-refractivity contribution is 5.68. The maximum atomic E-state index is 13.4. The van der Waals surface area contributed by atoms with E-state index in [0.717, 1.165) is 27.9 Å². The van der Waals surface area contributed by atoms with Crippen LogP contribution in [0.3, 0.4) is 0 Å². The van der Waals surface area contributed by atoms with E-state index in [1.54, 1.807) is 18.3 Å². The van der Waals surface area contributed by atoms with E-state index in [1.165, 1.54) is 23.3 Å². The zero-order valence-electron chi connectivity index (χ0n) is 23.3. The normalized spacial score (nSPS) is 12.0. The topological polar surface area (TPSA) is 51.6 Å². The number of hydrogen-bond acceptors (Lipinski definition) is 4. The average Bonchev–Trinajstić information content (AvgIpc) is 2.92. The molecule has 0 saturated heterocycles. The summed E-state index contributed by atoms with van der Waals surface area (Å²) in [6, 6.07) is 27.0. The van der Waals surface area contributed by atoms with Crippen molar-refractivity contribution in [2.24, 2.45) is 0 Å². The Morgan fingerprint density at radius 2 is 0.846 bits per heavy atom. The highest BCUT2D eigenvalue weighted by atomic mass is 19.1. The van der Waals surface area contributed by atoms with Gasteiger partial charge in [-0.25, -0.2) is 19.3 Å². The van der Waals surface area contributed by atoms with Crippen molar-refractivity contribution in [2.45, 2.75) is 52.4 Å². The number of halogens is 1. The fraction of sp³-hybridized carbons (Fsp3) is 0.235. The summed E-state index contributed by atoms with van der Waals surface area (Å²) in [5.41, 5.74) is 6.84. The Kier molecular flexibility index (Phi) is 6.85. The minimum Gasteiger partial charge on any atom is -0.255 e. The second-order valence-electron chi connectivity index (χ2n) is 11.9. The van der Waals surface area contributed by atoms with Gasteiger partial charge < -0.3 is 0 Å². The summed E-state index contributed by atoms with van der Waals surface area (Å²) in [5, 5.41) is 0. The van der Waals surface area contributed by atoms with Crippen molar-refractivity contribution < 1.29 is 4.39 Å². The largest absolute Gasteiger partial charge is 0.255 e. The molecular weight excluding hydrogens is 483 g/mol. The molecule has 5 heteroatoms. The van der Waals surface area contributed by atoms with Crippen LogP contribution in [0.4, 0.5) is 4.39 Å². The van der Waals surface area contributed by atoms with E-state index in [0.29, 0.717) is 17.5 Å². The maximum Gasteiger partial charge on any atom is 0.165 e. The summed E-state index contributed by atoms with van der Waals surface area (Å²) in [4.78, 5) is 19.2. The fourth-order valence-corrected chi connectivity index (χ4v) is 4.32. The molecule has 0 fully saturated rings. The molecule has 0 aliphatic rings. The van der Waals surface area contributed by atoms with Crippen LogP contribution in [-0.2, 0) is 10.8 Å². The smallest absolute Gasteiger partial charge is 0.165 e. The highest BCUT2D eigenvalue weighted by Gasteiger charge is 2.17. The van der Waals surface area contributed by atoms with Gasteiger partial charge in [-0.1, -0.05) is 90.1 Å². The molecule has 0 aliphatic carbocycles. The van der Waals surface area contributed by atoms with Gasteiger partial charge in [-0.15, -0.1) is 0 Å². The average molecular weight is 517 g/mol. The first-order chi connectivity index (χ1) is 18.5. The van der Waals surface area contributed by atoms with Gasteiger partial charge in [0.15, 0.2) is 17.5 Å². The number of pyridine rings is 1. The van der Waals surface area contributed by atoms with Gasteiger partial charge in [-0.2, -0.15) is 0 Å². The van der Waals surface area contributed by atoms with E-state index in [1.807, 2.05) is 12.1 Å². The van der Waals surface area contributed by atoms with Crippen molar-refractivity contribution in [3.8, 4) is 45.4 Å². The Labute approximate surface area is 230 Å². The van der Waals surface area contributed by atoms with Gasteiger partial charge >= 0.3 is 0 Å². The van der Waals surface area contributed by atoms with E-state index in [2.05, 4.69) is 95.1 Å². The lowest BCUT2D eigenvalue weighted by Gasteiger charge is -2.19. The van der Waals surface area contributed by atoms with E-state index in [4.69, 9.17) is 15.0 Å². The third kappa shape index (κ3) is 5.93. The van der Waals surface area contributed by atoms with Gasteiger partial charge in [0.1, 0.15) is 5.82 Å². The number of rotatable bonds is 4. The minimum absolute atomic E-state index is 0.0562. The highest BCUT2D eigenvalue weighted by Crippen LogP contribution is 2.30. The monoisotopic (exact) mass is 516 g/mol. The van der Waals surface area contributed by atoms with Crippen molar-refractivity contribution in [2.75, 3.05) is 0 Å². The fourth-order valence-electron chi connectivity index (χ4n) is 4.32. The maximum absolute atomic E-state index is 13.4. The molecule has 3 aromatic carbocycles. The molecule has 5 aromatic rings. The first-order valence-electron chi connectivity index (χ1n) is 13.2. The minimum atomic E-state index is -0.272. The Hall–Kier alpha value is -4.25. The molecule has 0 aliphatic heterocycles. The van der Waals surface area contributed by atoms with Crippen LogP contribution in [0.5, 0.6) is 0 Å². The molecule has 2 heterocycles. The van der Waals surface area contributed by atoms with Crippen molar-refractivity contribution in [3.05, 3.63) is 108 Å². The SMILES string of the molecule is CC(C)(C)c1ccc(-c2nc(-c3ccc(C(C)(C)C)cc3)nc(-c3ccc(-c4ccc(F)cc4)nc3)n2)cc1.